The Kier molecular flexibility index (Phi) is 9.07. The Morgan fingerprint density at radius 2 is 1.53 bits per heavy atom. The van der Waals surface area contributed by atoms with Crippen LogP contribution < -0.4 is 20.9 Å². The van der Waals surface area contributed by atoms with Gasteiger partial charge in [0.15, 0.2) is 6.10 Å². The summed E-state index contributed by atoms with van der Waals surface area (Å²) in [6.45, 7) is 4.30. The van der Waals surface area contributed by atoms with E-state index in [0.717, 1.165) is 6.07 Å². The van der Waals surface area contributed by atoms with Gasteiger partial charge >= 0.3 is 5.97 Å². The molecule has 1 unspecified atom stereocenters. The lowest BCUT2D eigenvalue weighted by Gasteiger charge is -2.15. The Balaban J connectivity index is 1.51. The van der Waals surface area contributed by atoms with E-state index >= 15 is 0 Å². The molecular weight excluding hydrogens is 598 g/mol. The van der Waals surface area contributed by atoms with E-state index in [0.29, 0.717) is 22.8 Å². The van der Waals surface area contributed by atoms with Crippen molar-refractivity contribution in [3.63, 3.8) is 0 Å². The normalized spacial score (nSPS) is 11.8. The van der Waals surface area contributed by atoms with Crippen LogP contribution in [0.1, 0.15) is 29.9 Å². The molecular formula is C29H28ClN5O7S. The summed E-state index contributed by atoms with van der Waals surface area (Å²) in [5.41, 5.74) is 0.773. The van der Waals surface area contributed by atoms with Crippen LogP contribution in [-0.2, 0) is 31.4 Å². The number of nitrogens with zero attached hydrogens (tertiary/aromatic N) is 2. The zero-order valence-electron chi connectivity index (χ0n) is 23.5. The van der Waals surface area contributed by atoms with Crippen molar-refractivity contribution in [3.05, 3.63) is 99.4 Å². The quantitative estimate of drug-likeness (QED) is 0.236. The van der Waals surface area contributed by atoms with Crippen molar-refractivity contribution in [1.82, 2.24) is 9.36 Å². The fraction of sp³-hybridized carbons (Fsp3) is 0.172. The molecule has 2 amide bonds. The van der Waals surface area contributed by atoms with E-state index in [1.165, 1.54) is 35.3 Å². The summed E-state index contributed by atoms with van der Waals surface area (Å²) >= 11 is 6.18. The molecule has 0 saturated carbocycles. The molecule has 14 heteroatoms. The lowest BCUT2D eigenvalue weighted by Crippen LogP contribution is -2.30. The molecule has 0 bridgehead atoms. The molecule has 4 rings (SSSR count). The second-order valence-corrected chi connectivity index (χ2v) is 11.6. The molecule has 0 aliphatic heterocycles. The Labute approximate surface area is 252 Å². The van der Waals surface area contributed by atoms with Gasteiger partial charge in [0.05, 0.1) is 26.9 Å². The summed E-state index contributed by atoms with van der Waals surface area (Å²) in [6.07, 6.45) is -1.28. The minimum absolute atomic E-state index is 0.104. The molecule has 12 nitrogen and oxygen atoms in total. The van der Waals surface area contributed by atoms with Gasteiger partial charge in [0.1, 0.15) is 5.69 Å². The van der Waals surface area contributed by atoms with Crippen LogP contribution in [0.4, 0.5) is 17.1 Å². The lowest BCUT2D eigenvalue weighted by molar-refractivity contribution is -0.123. The van der Waals surface area contributed by atoms with Gasteiger partial charge in [-0.3, -0.25) is 23.8 Å². The van der Waals surface area contributed by atoms with E-state index in [1.807, 2.05) is 0 Å². The predicted molar refractivity (Wildman–Crippen MR) is 162 cm³/mol. The van der Waals surface area contributed by atoms with Crippen molar-refractivity contribution in [2.45, 2.75) is 31.8 Å². The van der Waals surface area contributed by atoms with E-state index in [4.69, 9.17) is 16.3 Å². The number of halogens is 1. The van der Waals surface area contributed by atoms with Gasteiger partial charge in [-0.1, -0.05) is 29.8 Å². The van der Waals surface area contributed by atoms with Gasteiger partial charge in [0.2, 0.25) is 5.91 Å². The van der Waals surface area contributed by atoms with Crippen LogP contribution in [0.15, 0.2) is 82.5 Å². The number of para-hydroxylation sites is 1. The molecule has 43 heavy (non-hydrogen) atoms. The van der Waals surface area contributed by atoms with Gasteiger partial charge in [-0.25, -0.2) is 17.9 Å². The second kappa shape index (κ2) is 12.5. The van der Waals surface area contributed by atoms with Crippen molar-refractivity contribution in [2.24, 2.45) is 7.05 Å². The summed E-state index contributed by atoms with van der Waals surface area (Å²) < 4.78 is 37.0. The van der Waals surface area contributed by atoms with Crippen molar-refractivity contribution in [1.29, 1.82) is 0 Å². The monoisotopic (exact) mass is 625 g/mol. The standard InChI is InChI=1S/C29H28ClN5O7S/c1-17-26(28(38)35(34(17)4)22-8-6-5-7-9-22)33-43(40,41)23-14-15-25(30)24(16-23)29(39)42-18(2)27(37)32-21-12-10-20(11-13-21)31-19(3)36/h5-16,18,33H,1-4H3,(H,31,36)(H,32,37). The zero-order valence-corrected chi connectivity index (χ0v) is 25.1. The first-order chi connectivity index (χ1) is 20.3. The molecule has 224 valence electrons. The Morgan fingerprint density at radius 3 is 2.14 bits per heavy atom. The number of nitrogens with one attached hydrogen (secondary N) is 3. The average Bonchev–Trinajstić information content (AvgIpc) is 3.16. The molecule has 0 aliphatic carbocycles. The number of anilines is 3. The molecule has 0 aliphatic rings. The summed E-state index contributed by atoms with van der Waals surface area (Å²) in [6, 6.07) is 18.4. The fourth-order valence-corrected chi connectivity index (χ4v) is 5.41. The SMILES string of the molecule is CC(=O)Nc1ccc(NC(=O)C(C)OC(=O)c2cc(S(=O)(=O)Nc3c(C)n(C)n(-c4ccccc4)c3=O)ccc2Cl)cc1. The number of sulfonamides is 1. The van der Waals surface area contributed by atoms with Crippen molar-refractivity contribution in [2.75, 3.05) is 15.4 Å². The number of rotatable bonds is 9. The smallest absolute Gasteiger partial charge is 0.340 e. The third-order valence-corrected chi connectivity index (χ3v) is 8.06. The minimum atomic E-state index is -4.36. The van der Waals surface area contributed by atoms with Gasteiger partial charge in [0, 0.05) is 25.3 Å². The summed E-state index contributed by atoms with van der Waals surface area (Å²) in [5.74, 6) is -1.94. The fourth-order valence-electron chi connectivity index (χ4n) is 4.07. The number of carbonyl (C=O) groups excluding carboxylic acids is 3. The van der Waals surface area contributed by atoms with E-state index < -0.39 is 33.6 Å². The second-order valence-electron chi connectivity index (χ2n) is 9.48. The highest BCUT2D eigenvalue weighted by molar-refractivity contribution is 7.92. The zero-order chi connectivity index (χ0) is 31.5. The van der Waals surface area contributed by atoms with Crippen LogP contribution in [-0.4, -0.2) is 41.7 Å². The molecule has 3 N–H and O–H groups in total. The van der Waals surface area contributed by atoms with E-state index in [2.05, 4.69) is 15.4 Å². The van der Waals surface area contributed by atoms with Gasteiger partial charge in [-0.05, 0) is 68.4 Å². The van der Waals surface area contributed by atoms with Gasteiger partial charge < -0.3 is 15.4 Å². The van der Waals surface area contributed by atoms with Crippen LogP contribution in [0.25, 0.3) is 5.69 Å². The average molecular weight is 626 g/mol. The maximum absolute atomic E-state index is 13.3. The Morgan fingerprint density at radius 1 is 0.930 bits per heavy atom. The molecule has 4 aromatic rings. The molecule has 0 saturated heterocycles. The largest absolute Gasteiger partial charge is 0.449 e. The molecule has 1 aromatic heterocycles. The summed E-state index contributed by atoms with van der Waals surface area (Å²) in [5, 5.41) is 5.08. The van der Waals surface area contributed by atoms with Crippen molar-refractivity contribution < 1.29 is 27.5 Å². The number of aromatic nitrogens is 2. The highest BCUT2D eigenvalue weighted by Gasteiger charge is 2.26. The first-order valence-corrected chi connectivity index (χ1v) is 14.7. The number of esters is 1. The molecule has 1 atom stereocenters. The van der Waals surface area contributed by atoms with E-state index in [-0.39, 0.29) is 27.1 Å². The van der Waals surface area contributed by atoms with Crippen molar-refractivity contribution >= 4 is 56.5 Å². The molecule has 3 aromatic carbocycles. The molecule has 0 fully saturated rings. The maximum atomic E-state index is 13.3. The van der Waals surface area contributed by atoms with Gasteiger partial charge in [0.25, 0.3) is 21.5 Å². The number of hydrogen-bond acceptors (Lipinski definition) is 7. The first-order valence-electron chi connectivity index (χ1n) is 12.8. The van der Waals surface area contributed by atoms with E-state index in [1.54, 1.807) is 68.6 Å². The molecule has 1 heterocycles. The number of ether oxygens (including phenoxy) is 1. The van der Waals surface area contributed by atoms with Crippen molar-refractivity contribution in [3.8, 4) is 5.69 Å². The third-order valence-electron chi connectivity index (χ3n) is 6.38. The van der Waals surface area contributed by atoms with Crippen LogP contribution in [0.5, 0.6) is 0 Å². The van der Waals surface area contributed by atoms with Crippen LogP contribution in [0, 0.1) is 6.92 Å². The highest BCUT2D eigenvalue weighted by Crippen LogP contribution is 2.25. The minimum Gasteiger partial charge on any atom is -0.449 e. The van der Waals surface area contributed by atoms with E-state index in [9.17, 15) is 27.6 Å². The number of benzene rings is 3. The van der Waals surface area contributed by atoms with Crippen LogP contribution in [0.3, 0.4) is 0 Å². The Hall–Kier alpha value is -4.88. The predicted octanol–water partition coefficient (Wildman–Crippen LogP) is 4.08. The maximum Gasteiger partial charge on any atom is 0.340 e. The lowest BCUT2D eigenvalue weighted by atomic mass is 10.2. The first kappa shape index (κ1) is 31.1. The number of carbonyl (C=O) groups is 3. The third kappa shape index (κ3) is 6.96. The number of amides is 2. The van der Waals surface area contributed by atoms with Gasteiger partial charge in [-0.2, -0.15) is 0 Å². The van der Waals surface area contributed by atoms with Crippen LogP contribution in [0.2, 0.25) is 5.02 Å². The topological polar surface area (TPSA) is 158 Å². The Bertz CT molecular complexity index is 1870. The number of hydrogen-bond donors (Lipinski definition) is 3. The van der Waals surface area contributed by atoms with Gasteiger partial charge in [-0.15, -0.1) is 0 Å². The highest BCUT2D eigenvalue weighted by atomic mass is 35.5. The molecule has 0 radical (unpaired) electrons. The summed E-state index contributed by atoms with van der Waals surface area (Å²) in [7, 11) is -2.74. The molecule has 0 spiro atoms. The van der Waals surface area contributed by atoms with Crippen LogP contribution >= 0.6 is 11.6 Å². The summed E-state index contributed by atoms with van der Waals surface area (Å²) in [4.78, 5) is 49.6.